The topological polar surface area (TPSA) is 63.0 Å². The molecule has 1 aromatic heterocycles. The van der Waals surface area contributed by atoms with E-state index in [0.717, 1.165) is 17.4 Å². The smallest absolute Gasteiger partial charge is 0.414 e. The van der Waals surface area contributed by atoms with Crippen molar-refractivity contribution in [3.63, 3.8) is 0 Å². The lowest BCUT2D eigenvalue weighted by molar-refractivity contribution is 0.0920. The average Bonchev–Trinajstić information content (AvgIpc) is 3.18. The molecule has 0 bridgehead atoms. The maximum atomic E-state index is 13.7. The predicted molar refractivity (Wildman–Crippen MR) is 91.9 cm³/mol. The number of hydrogen-bond donors (Lipinski definition) is 1. The van der Waals surface area contributed by atoms with Gasteiger partial charge in [-0.05, 0) is 24.3 Å². The summed E-state index contributed by atoms with van der Waals surface area (Å²) >= 11 is 6.94. The Bertz CT molecular complexity index is 880. The fourth-order valence-corrected chi connectivity index (χ4v) is 3.28. The van der Waals surface area contributed by atoms with Crippen molar-refractivity contribution in [2.45, 2.75) is 6.10 Å². The third-order valence-corrected chi connectivity index (χ3v) is 4.75. The highest BCUT2D eigenvalue weighted by atomic mass is 35.5. The SMILES string of the molecule is [C-]#[N+]c1ccc(N2C[C@H](CNC(=O)c3ccc(Cl)s3)OC2=O)cc1F. The maximum absolute atomic E-state index is 13.7. The Morgan fingerprint density at radius 1 is 1.48 bits per heavy atom. The molecule has 2 heterocycles. The van der Waals surface area contributed by atoms with Gasteiger partial charge in [-0.25, -0.2) is 14.0 Å². The number of nitrogens with zero attached hydrogens (tertiary/aromatic N) is 2. The van der Waals surface area contributed by atoms with Gasteiger partial charge in [0, 0.05) is 5.69 Å². The van der Waals surface area contributed by atoms with Crippen LogP contribution in [0.4, 0.5) is 20.6 Å². The van der Waals surface area contributed by atoms with Crippen LogP contribution in [0, 0.1) is 12.4 Å². The van der Waals surface area contributed by atoms with Gasteiger partial charge in [0.15, 0.2) is 0 Å². The van der Waals surface area contributed by atoms with Crippen molar-refractivity contribution < 1.29 is 18.7 Å². The number of carbonyl (C=O) groups is 2. The summed E-state index contributed by atoms with van der Waals surface area (Å²) in [6, 6.07) is 7.13. The number of thiophene rings is 1. The molecule has 1 atom stereocenters. The number of rotatable bonds is 4. The monoisotopic (exact) mass is 379 g/mol. The van der Waals surface area contributed by atoms with Gasteiger partial charge in [-0.15, -0.1) is 11.3 Å². The first-order chi connectivity index (χ1) is 12.0. The van der Waals surface area contributed by atoms with E-state index < -0.39 is 18.0 Å². The summed E-state index contributed by atoms with van der Waals surface area (Å²) in [5.41, 5.74) is 0.184. The highest BCUT2D eigenvalue weighted by Gasteiger charge is 2.33. The van der Waals surface area contributed by atoms with Crippen LogP contribution < -0.4 is 10.2 Å². The lowest BCUT2D eigenvalue weighted by Gasteiger charge is -2.13. The molecule has 0 spiro atoms. The van der Waals surface area contributed by atoms with Crippen molar-refractivity contribution in [1.82, 2.24) is 5.32 Å². The van der Waals surface area contributed by atoms with Gasteiger partial charge in [0.25, 0.3) is 5.91 Å². The fourth-order valence-electron chi connectivity index (χ4n) is 2.32. The second-order valence-electron chi connectivity index (χ2n) is 5.18. The van der Waals surface area contributed by atoms with Crippen LogP contribution in [0.2, 0.25) is 4.34 Å². The number of nitrogens with one attached hydrogen (secondary N) is 1. The molecule has 1 fully saturated rings. The van der Waals surface area contributed by atoms with E-state index in [1.165, 1.54) is 17.0 Å². The lowest BCUT2D eigenvalue weighted by Crippen LogP contribution is -2.34. The van der Waals surface area contributed by atoms with Crippen LogP contribution in [0.5, 0.6) is 0 Å². The Balaban J connectivity index is 1.62. The van der Waals surface area contributed by atoms with E-state index >= 15 is 0 Å². The molecule has 0 unspecified atom stereocenters. The molecular formula is C16H11ClFN3O3S. The molecule has 1 aromatic carbocycles. The largest absolute Gasteiger partial charge is 0.442 e. The molecule has 6 nitrogen and oxygen atoms in total. The van der Waals surface area contributed by atoms with E-state index in [1.807, 2.05) is 0 Å². The number of benzene rings is 1. The molecule has 2 aromatic rings. The third-order valence-electron chi connectivity index (χ3n) is 3.52. The molecule has 1 aliphatic rings. The second-order valence-corrected chi connectivity index (χ2v) is 6.89. The molecule has 2 amide bonds. The van der Waals surface area contributed by atoms with Crippen LogP contribution in [0.3, 0.4) is 0 Å². The zero-order chi connectivity index (χ0) is 18.0. The van der Waals surface area contributed by atoms with E-state index in [1.54, 1.807) is 12.1 Å². The van der Waals surface area contributed by atoms with Crippen molar-refractivity contribution in [1.29, 1.82) is 0 Å². The van der Waals surface area contributed by atoms with Crippen LogP contribution in [-0.2, 0) is 4.74 Å². The molecule has 1 N–H and O–H groups in total. The first kappa shape index (κ1) is 17.2. The summed E-state index contributed by atoms with van der Waals surface area (Å²) in [6.07, 6.45) is -1.19. The van der Waals surface area contributed by atoms with E-state index in [9.17, 15) is 14.0 Å². The highest BCUT2D eigenvalue weighted by molar-refractivity contribution is 7.17. The molecule has 9 heteroatoms. The first-order valence-electron chi connectivity index (χ1n) is 7.16. The molecular weight excluding hydrogens is 369 g/mol. The molecule has 1 aliphatic heterocycles. The molecule has 0 radical (unpaired) electrons. The molecule has 0 saturated carbocycles. The molecule has 25 heavy (non-hydrogen) atoms. The fraction of sp³-hybridized carbons (Fsp3) is 0.188. The Hall–Kier alpha value is -2.63. The van der Waals surface area contributed by atoms with Crippen LogP contribution in [-0.4, -0.2) is 31.2 Å². The number of carbonyl (C=O) groups excluding carboxylic acids is 2. The van der Waals surface area contributed by atoms with Crippen LogP contribution in [0.15, 0.2) is 30.3 Å². The van der Waals surface area contributed by atoms with E-state index in [-0.39, 0.29) is 24.7 Å². The Labute approximate surface area is 151 Å². The second kappa shape index (κ2) is 7.09. The summed E-state index contributed by atoms with van der Waals surface area (Å²) in [5, 5.41) is 2.67. The van der Waals surface area contributed by atoms with E-state index in [2.05, 4.69) is 10.2 Å². The van der Waals surface area contributed by atoms with Gasteiger partial charge in [0.2, 0.25) is 5.69 Å². The number of hydrogen-bond acceptors (Lipinski definition) is 4. The Kier molecular flexibility index (Phi) is 4.88. The van der Waals surface area contributed by atoms with Crippen LogP contribution >= 0.6 is 22.9 Å². The molecule has 128 valence electrons. The Morgan fingerprint density at radius 2 is 2.28 bits per heavy atom. The van der Waals surface area contributed by atoms with Gasteiger partial charge in [-0.3, -0.25) is 9.69 Å². The number of amides is 2. The molecule has 0 aliphatic carbocycles. The number of anilines is 1. The van der Waals surface area contributed by atoms with Crippen molar-refractivity contribution in [2.75, 3.05) is 18.0 Å². The summed E-state index contributed by atoms with van der Waals surface area (Å²) < 4.78 is 19.4. The average molecular weight is 380 g/mol. The maximum Gasteiger partial charge on any atom is 0.414 e. The van der Waals surface area contributed by atoms with Crippen molar-refractivity contribution in [2.24, 2.45) is 0 Å². The lowest BCUT2D eigenvalue weighted by atomic mass is 10.2. The summed E-state index contributed by atoms with van der Waals surface area (Å²) in [6.45, 7) is 7.13. The summed E-state index contributed by atoms with van der Waals surface area (Å²) in [5.74, 6) is -1.01. The van der Waals surface area contributed by atoms with E-state index in [4.69, 9.17) is 22.9 Å². The summed E-state index contributed by atoms with van der Waals surface area (Å²) in [4.78, 5) is 28.7. The minimum Gasteiger partial charge on any atom is -0.442 e. The minimum absolute atomic E-state index is 0.116. The van der Waals surface area contributed by atoms with Crippen LogP contribution in [0.1, 0.15) is 9.67 Å². The predicted octanol–water partition coefficient (Wildman–Crippen LogP) is 3.85. The zero-order valence-corrected chi connectivity index (χ0v) is 14.2. The van der Waals surface area contributed by atoms with Gasteiger partial charge in [0.1, 0.15) is 11.9 Å². The Morgan fingerprint density at radius 3 is 2.92 bits per heavy atom. The molecule has 1 saturated heterocycles. The minimum atomic E-state index is -0.702. The first-order valence-corrected chi connectivity index (χ1v) is 8.36. The van der Waals surface area contributed by atoms with E-state index in [0.29, 0.717) is 14.9 Å². The van der Waals surface area contributed by atoms with Gasteiger partial charge in [-0.2, -0.15) is 0 Å². The number of cyclic esters (lactones) is 1. The van der Waals surface area contributed by atoms with Gasteiger partial charge < -0.3 is 10.1 Å². The van der Waals surface area contributed by atoms with Gasteiger partial charge in [-0.1, -0.05) is 17.7 Å². The number of halogens is 2. The molecule has 3 rings (SSSR count). The number of ether oxygens (including phenoxy) is 1. The third kappa shape index (κ3) is 3.73. The zero-order valence-electron chi connectivity index (χ0n) is 12.7. The normalized spacial score (nSPS) is 16.4. The quantitative estimate of drug-likeness (QED) is 0.821. The highest BCUT2D eigenvalue weighted by Crippen LogP contribution is 2.27. The van der Waals surface area contributed by atoms with Crippen molar-refractivity contribution in [3.05, 3.63) is 56.8 Å². The van der Waals surface area contributed by atoms with Crippen molar-refractivity contribution in [3.8, 4) is 0 Å². The van der Waals surface area contributed by atoms with Gasteiger partial charge in [0.05, 0.1) is 28.9 Å². The van der Waals surface area contributed by atoms with Gasteiger partial charge >= 0.3 is 6.09 Å². The van der Waals surface area contributed by atoms with Crippen LogP contribution in [0.25, 0.3) is 4.85 Å². The van der Waals surface area contributed by atoms with Crippen molar-refractivity contribution >= 4 is 46.3 Å². The summed E-state index contributed by atoms with van der Waals surface area (Å²) in [7, 11) is 0. The standard InChI is InChI=1S/C16H11ClFN3O3S/c1-19-12-3-2-9(6-11(12)18)21-8-10(24-16(21)23)7-20-15(22)13-4-5-14(17)25-13/h2-6,10H,7-8H2,(H,20,22)/t10-/m0/s1.